The Morgan fingerprint density at radius 1 is 1.71 bits per heavy atom. The summed E-state index contributed by atoms with van der Waals surface area (Å²) in [5, 5.41) is 2.74. The minimum atomic E-state index is -0.748. The van der Waals surface area contributed by atoms with Gasteiger partial charge in [-0.15, -0.1) is 0 Å². The molecule has 0 spiro atoms. The Labute approximate surface area is 108 Å². The lowest BCUT2D eigenvalue weighted by Crippen LogP contribution is -2.39. The average molecular weight is 300 g/mol. The Morgan fingerprint density at radius 3 is 3.06 bits per heavy atom. The summed E-state index contributed by atoms with van der Waals surface area (Å²) < 4.78 is 6.12. The van der Waals surface area contributed by atoms with Gasteiger partial charge in [-0.1, -0.05) is 0 Å². The molecule has 6 heteroatoms. The Balaban J connectivity index is 2.13. The molecule has 1 fully saturated rings. The van der Waals surface area contributed by atoms with Crippen LogP contribution in [0, 0.1) is 0 Å². The van der Waals surface area contributed by atoms with E-state index >= 15 is 0 Å². The third-order valence-corrected chi connectivity index (χ3v) is 3.40. The highest BCUT2D eigenvalue weighted by atomic mass is 79.9. The molecule has 0 saturated carbocycles. The zero-order chi connectivity index (χ0) is 12.5. The van der Waals surface area contributed by atoms with Crippen LogP contribution in [-0.4, -0.2) is 23.1 Å². The van der Waals surface area contributed by atoms with Crippen molar-refractivity contribution < 1.29 is 9.53 Å². The van der Waals surface area contributed by atoms with Gasteiger partial charge in [-0.05, 0) is 41.8 Å². The van der Waals surface area contributed by atoms with Crippen LogP contribution in [0.2, 0.25) is 0 Å². The van der Waals surface area contributed by atoms with E-state index < -0.39 is 5.60 Å². The second-order valence-electron chi connectivity index (χ2n) is 4.24. The molecule has 0 bridgehead atoms. The molecule has 92 valence electrons. The summed E-state index contributed by atoms with van der Waals surface area (Å²) in [7, 11) is 0. The number of anilines is 2. The number of halogens is 1. The lowest BCUT2D eigenvalue weighted by Gasteiger charge is -2.21. The van der Waals surface area contributed by atoms with Crippen LogP contribution in [0.15, 0.2) is 16.7 Å². The maximum atomic E-state index is 12.0. The van der Waals surface area contributed by atoms with E-state index in [-0.39, 0.29) is 5.91 Å². The van der Waals surface area contributed by atoms with Crippen LogP contribution in [0.4, 0.5) is 11.5 Å². The predicted octanol–water partition coefficient (Wildman–Crippen LogP) is 1.93. The molecule has 1 aliphatic heterocycles. The van der Waals surface area contributed by atoms with Crippen molar-refractivity contribution in [1.82, 2.24) is 4.98 Å². The van der Waals surface area contributed by atoms with E-state index in [0.717, 1.165) is 12.8 Å². The lowest BCUT2D eigenvalue weighted by molar-refractivity contribution is -0.133. The fourth-order valence-corrected chi connectivity index (χ4v) is 2.21. The average Bonchev–Trinajstić information content (AvgIpc) is 2.71. The highest BCUT2D eigenvalue weighted by Gasteiger charge is 2.38. The monoisotopic (exact) mass is 299 g/mol. The molecule has 1 aromatic rings. The van der Waals surface area contributed by atoms with Gasteiger partial charge in [0.2, 0.25) is 0 Å². The highest BCUT2D eigenvalue weighted by molar-refractivity contribution is 9.10. The number of rotatable bonds is 2. The lowest BCUT2D eigenvalue weighted by atomic mass is 10.0. The third-order valence-electron chi connectivity index (χ3n) is 2.79. The van der Waals surface area contributed by atoms with Gasteiger partial charge in [-0.25, -0.2) is 4.98 Å². The van der Waals surface area contributed by atoms with Gasteiger partial charge in [0, 0.05) is 6.61 Å². The first kappa shape index (κ1) is 12.3. The number of nitrogens with zero attached hydrogens (tertiary/aromatic N) is 1. The summed E-state index contributed by atoms with van der Waals surface area (Å²) >= 11 is 3.30. The maximum Gasteiger partial charge on any atom is 0.257 e. The molecule has 17 heavy (non-hydrogen) atoms. The highest BCUT2D eigenvalue weighted by Crippen LogP contribution is 2.28. The van der Waals surface area contributed by atoms with Crippen LogP contribution in [0.1, 0.15) is 19.8 Å². The van der Waals surface area contributed by atoms with Gasteiger partial charge in [0.15, 0.2) is 0 Å². The number of ether oxygens (including phenoxy) is 1. The number of nitrogen functional groups attached to an aromatic ring is 1. The van der Waals surface area contributed by atoms with E-state index in [1.165, 1.54) is 6.20 Å². The number of amides is 1. The largest absolute Gasteiger partial charge is 0.397 e. The van der Waals surface area contributed by atoms with Crippen molar-refractivity contribution in [1.29, 1.82) is 0 Å². The Kier molecular flexibility index (Phi) is 3.35. The van der Waals surface area contributed by atoms with Crippen LogP contribution in [0.3, 0.4) is 0 Å². The van der Waals surface area contributed by atoms with Crippen molar-refractivity contribution in [3.05, 3.63) is 16.7 Å². The number of pyridine rings is 1. The standard InChI is InChI=1S/C11H14BrN3O2/c1-11(3-2-4-17-11)10(16)15-9-8(12)5-7(13)6-14-9/h5-6H,2-4,13H2,1H3,(H,14,15,16). The molecule has 1 atom stereocenters. The van der Waals surface area contributed by atoms with Gasteiger partial charge >= 0.3 is 0 Å². The number of nitrogens with two attached hydrogens (primary N) is 1. The Morgan fingerprint density at radius 2 is 2.47 bits per heavy atom. The molecule has 0 aliphatic carbocycles. The molecule has 0 radical (unpaired) electrons. The summed E-state index contributed by atoms with van der Waals surface area (Å²) in [5.41, 5.74) is 5.37. The normalized spacial score (nSPS) is 23.6. The van der Waals surface area contributed by atoms with Crippen molar-refractivity contribution >= 4 is 33.3 Å². The van der Waals surface area contributed by atoms with Gasteiger partial charge in [0.05, 0.1) is 16.4 Å². The van der Waals surface area contributed by atoms with Crippen molar-refractivity contribution in [2.45, 2.75) is 25.4 Å². The van der Waals surface area contributed by atoms with Crippen molar-refractivity contribution in [2.75, 3.05) is 17.7 Å². The van der Waals surface area contributed by atoms with Gasteiger partial charge in [-0.2, -0.15) is 0 Å². The minimum Gasteiger partial charge on any atom is -0.397 e. The molecular formula is C11H14BrN3O2. The maximum absolute atomic E-state index is 12.0. The SMILES string of the molecule is CC1(C(=O)Nc2ncc(N)cc2Br)CCCO1. The molecule has 1 saturated heterocycles. The Hall–Kier alpha value is -1.14. The Bertz CT molecular complexity index is 444. The van der Waals surface area contributed by atoms with E-state index in [1.807, 2.05) is 0 Å². The number of aromatic nitrogens is 1. The number of nitrogens with one attached hydrogen (secondary N) is 1. The van der Waals surface area contributed by atoms with Crippen LogP contribution in [0.5, 0.6) is 0 Å². The molecule has 1 aromatic heterocycles. The first-order valence-corrected chi connectivity index (χ1v) is 6.17. The van der Waals surface area contributed by atoms with Crippen LogP contribution < -0.4 is 11.1 Å². The van der Waals surface area contributed by atoms with E-state index in [2.05, 4.69) is 26.2 Å². The quantitative estimate of drug-likeness (QED) is 0.875. The number of carbonyl (C=O) groups is 1. The molecule has 0 aromatic carbocycles. The van der Waals surface area contributed by atoms with Crippen molar-refractivity contribution in [3.8, 4) is 0 Å². The molecule has 1 amide bonds. The van der Waals surface area contributed by atoms with Crippen LogP contribution in [0.25, 0.3) is 0 Å². The van der Waals surface area contributed by atoms with E-state index in [1.54, 1.807) is 13.0 Å². The summed E-state index contributed by atoms with van der Waals surface area (Å²) in [6.45, 7) is 2.42. The van der Waals surface area contributed by atoms with E-state index in [0.29, 0.717) is 22.6 Å². The summed E-state index contributed by atoms with van der Waals surface area (Å²) in [6, 6.07) is 1.69. The van der Waals surface area contributed by atoms with Gasteiger partial charge < -0.3 is 15.8 Å². The molecule has 2 heterocycles. The first-order chi connectivity index (χ1) is 8.01. The third kappa shape index (κ3) is 2.58. The van der Waals surface area contributed by atoms with E-state index in [9.17, 15) is 4.79 Å². The number of hydrogen-bond donors (Lipinski definition) is 2. The summed E-state index contributed by atoms with van der Waals surface area (Å²) in [6.07, 6.45) is 3.13. The molecule has 3 N–H and O–H groups in total. The van der Waals surface area contributed by atoms with Gasteiger partial charge in [0.1, 0.15) is 11.4 Å². The zero-order valence-corrected chi connectivity index (χ0v) is 11.1. The first-order valence-electron chi connectivity index (χ1n) is 5.38. The summed E-state index contributed by atoms with van der Waals surface area (Å²) in [5.74, 6) is 0.286. The fourth-order valence-electron chi connectivity index (χ4n) is 1.74. The molecule has 2 rings (SSSR count). The number of carbonyl (C=O) groups excluding carboxylic acids is 1. The summed E-state index contributed by atoms with van der Waals surface area (Å²) in [4.78, 5) is 16.1. The van der Waals surface area contributed by atoms with Crippen molar-refractivity contribution in [3.63, 3.8) is 0 Å². The smallest absolute Gasteiger partial charge is 0.257 e. The van der Waals surface area contributed by atoms with Crippen LogP contribution >= 0.6 is 15.9 Å². The van der Waals surface area contributed by atoms with Crippen LogP contribution in [-0.2, 0) is 9.53 Å². The molecular weight excluding hydrogens is 286 g/mol. The molecule has 1 unspecified atom stereocenters. The topological polar surface area (TPSA) is 77.2 Å². The number of hydrogen-bond acceptors (Lipinski definition) is 4. The van der Waals surface area contributed by atoms with Gasteiger partial charge in [0.25, 0.3) is 5.91 Å². The second-order valence-corrected chi connectivity index (χ2v) is 5.09. The predicted molar refractivity (Wildman–Crippen MR) is 68.6 cm³/mol. The molecule has 1 aliphatic rings. The second kappa shape index (κ2) is 4.62. The fraction of sp³-hybridized carbons (Fsp3) is 0.455. The van der Waals surface area contributed by atoms with Gasteiger partial charge in [-0.3, -0.25) is 4.79 Å². The van der Waals surface area contributed by atoms with E-state index in [4.69, 9.17) is 10.5 Å². The zero-order valence-electron chi connectivity index (χ0n) is 9.50. The molecule has 5 nitrogen and oxygen atoms in total. The van der Waals surface area contributed by atoms with Crippen molar-refractivity contribution in [2.24, 2.45) is 0 Å². The minimum absolute atomic E-state index is 0.173.